The Balaban J connectivity index is 2.28. The van der Waals surface area contributed by atoms with Gasteiger partial charge in [-0.1, -0.05) is 12.1 Å². The van der Waals surface area contributed by atoms with Gasteiger partial charge >= 0.3 is 0 Å². The number of nitrogens with one attached hydrogen (secondary N) is 1. The van der Waals surface area contributed by atoms with Gasteiger partial charge in [0.1, 0.15) is 4.21 Å². The van der Waals surface area contributed by atoms with Crippen LogP contribution in [0.5, 0.6) is 0 Å². The van der Waals surface area contributed by atoms with Gasteiger partial charge in [0.15, 0.2) is 0 Å². The lowest BCUT2D eigenvalue weighted by Gasteiger charge is -2.24. The zero-order chi connectivity index (χ0) is 12.5. The summed E-state index contributed by atoms with van der Waals surface area (Å²) in [4.78, 5) is 0.998. The second kappa shape index (κ2) is 4.53. The van der Waals surface area contributed by atoms with Gasteiger partial charge in [-0.2, -0.15) is 4.72 Å². The fourth-order valence-electron chi connectivity index (χ4n) is 1.49. The molecule has 17 heavy (non-hydrogen) atoms. The Kier molecular flexibility index (Phi) is 3.40. The first-order valence-electron chi connectivity index (χ1n) is 5.03. The number of sulfonamides is 1. The maximum Gasteiger partial charge on any atom is 0.250 e. The highest BCUT2D eigenvalue weighted by Gasteiger charge is 2.29. The average Bonchev–Trinajstić information content (AvgIpc) is 2.91. The van der Waals surface area contributed by atoms with Crippen molar-refractivity contribution in [2.24, 2.45) is 0 Å². The molecule has 0 spiro atoms. The van der Waals surface area contributed by atoms with E-state index in [1.54, 1.807) is 28.8 Å². The number of thiophene rings is 2. The summed E-state index contributed by atoms with van der Waals surface area (Å²) in [6.45, 7) is 3.73. The first kappa shape index (κ1) is 12.8. The maximum absolute atomic E-state index is 12.1. The third-order valence-electron chi connectivity index (χ3n) is 2.29. The van der Waals surface area contributed by atoms with Gasteiger partial charge in [-0.05, 0) is 36.7 Å². The summed E-state index contributed by atoms with van der Waals surface area (Å²) in [6, 6.07) is 7.19. The molecule has 2 heterocycles. The van der Waals surface area contributed by atoms with Gasteiger partial charge in [-0.3, -0.25) is 0 Å². The highest BCUT2D eigenvalue weighted by molar-refractivity contribution is 7.91. The largest absolute Gasteiger partial charge is 0.250 e. The molecule has 0 unspecified atom stereocenters. The summed E-state index contributed by atoms with van der Waals surface area (Å²) in [6.07, 6.45) is 0. The van der Waals surface area contributed by atoms with Crippen LogP contribution < -0.4 is 4.72 Å². The van der Waals surface area contributed by atoms with Crippen molar-refractivity contribution in [1.29, 1.82) is 0 Å². The van der Waals surface area contributed by atoms with Crippen LogP contribution in [0.1, 0.15) is 18.7 Å². The second-order valence-corrected chi connectivity index (χ2v) is 7.94. The van der Waals surface area contributed by atoms with Crippen LogP contribution in [-0.2, 0) is 15.6 Å². The summed E-state index contributed by atoms with van der Waals surface area (Å²) >= 11 is 2.77. The van der Waals surface area contributed by atoms with E-state index < -0.39 is 15.6 Å². The van der Waals surface area contributed by atoms with Gasteiger partial charge in [0.2, 0.25) is 0 Å². The summed E-state index contributed by atoms with van der Waals surface area (Å²) < 4.78 is 27.3. The molecule has 0 fully saturated rings. The van der Waals surface area contributed by atoms with E-state index in [2.05, 4.69) is 4.72 Å². The van der Waals surface area contributed by atoms with Crippen molar-refractivity contribution in [2.75, 3.05) is 0 Å². The SMILES string of the molecule is CC(C)(NS(=O)(=O)c1cccs1)c1cccs1. The molecule has 0 aliphatic heterocycles. The van der Waals surface area contributed by atoms with Crippen LogP contribution in [0, 0.1) is 0 Å². The third kappa shape index (κ3) is 2.77. The van der Waals surface area contributed by atoms with Crippen molar-refractivity contribution in [3.05, 3.63) is 39.9 Å². The monoisotopic (exact) mass is 287 g/mol. The molecule has 6 heteroatoms. The number of hydrogen-bond acceptors (Lipinski definition) is 4. The molecule has 0 atom stereocenters. The van der Waals surface area contributed by atoms with Gasteiger partial charge in [0.25, 0.3) is 10.0 Å². The number of rotatable bonds is 4. The highest BCUT2D eigenvalue weighted by Crippen LogP contribution is 2.27. The third-order valence-corrected chi connectivity index (χ3v) is 6.53. The molecule has 2 aromatic rings. The Hall–Kier alpha value is -0.690. The van der Waals surface area contributed by atoms with E-state index in [1.165, 1.54) is 11.3 Å². The number of hydrogen-bond donors (Lipinski definition) is 1. The van der Waals surface area contributed by atoms with E-state index in [-0.39, 0.29) is 0 Å². The lowest BCUT2D eigenvalue weighted by Crippen LogP contribution is -2.39. The van der Waals surface area contributed by atoms with E-state index >= 15 is 0 Å². The predicted octanol–water partition coefficient (Wildman–Crippen LogP) is 3.02. The minimum absolute atomic E-state index is 0.349. The molecule has 0 saturated heterocycles. The Bertz CT molecular complexity index is 568. The van der Waals surface area contributed by atoms with Crippen molar-refractivity contribution in [1.82, 2.24) is 4.72 Å². The molecule has 0 bridgehead atoms. The van der Waals surface area contributed by atoms with Gasteiger partial charge in [-0.15, -0.1) is 22.7 Å². The van der Waals surface area contributed by atoms with Crippen LogP contribution in [0.4, 0.5) is 0 Å². The quantitative estimate of drug-likeness (QED) is 0.939. The highest BCUT2D eigenvalue weighted by atomic mass is 32.2. The molecule has 3 nitrogen and oxygen atoms in total. The topological polar surface area (TPSA) is 46.2 Å². The van der Waals surface area contributed by atoms with Crippen LogP contribution in [0.3, 0.4) is 0 Å². The molecule has 0 aromatic carbocycles. The molecule has 0 amide bonds. The predicted molar refractivity (Wildman–Crippen MR) is 72.0 cm³/mol. The zero-order valence-electron chi connectivity index (χ0n) is 9.51. The van der Waals surface area contributed by atoms with Crippen molar-refractivity contribution >= 4 is 32.7 Å². The molecule has 0 saturated carbocycles. The Labute approximate surface area is 109 Å². The lowest BCUT2D eigenvalue weighted by molar-refractivity contribution is 0.481. The smallest absolute Gasteiger partial charge is 0.206 e. The van der Waals surface area contributed by atoms with Gasteiger partial charge in [0, 0.05) is 4.88 Å². The van der Waals surface area contributed by atoms with Gasteiger partial charge in [-0.25, -0.2) is 8.42 Å². The zero-order valence-corrected chi connectivity index (χ0v) is 12.0. The molecular formula is C11H13NO2S3. The average molecular weight is 287 g/mol. The second-order valence-electron chi connectivity index (χ2n) is 4.14. The molecular weight excluding hydrogens is 274 g/mol. The van der Waals surface area contributed by atoms with Crippen LogP contribution in [-0.4, -0.2) is 8.42 Å². The van der Waals surface area contributed by atoms with Crippen molar-refractivity contribution in [3.8, 4) is 0 Å². The summed E-state index contributed by atoms with van der Waals surface area (Å²) in [5, 5.41) is 3.70. The maximum atomic E-state index is 12.1. The molecule has 0 aliphatic carbocycles. The van der Waals surface area contributed by atoms with Crippen molar-refractivity contribution in [3.63, 3.8) is 0 Å². The van der Waals surface area contributed by atoms with E-state index in [0.29, 0.717) is 4.21 Å². The van der Waals surface area contributed by atoms with Crippen LogP contribution in [0.2, 0.25) is 0 Å². The van der Waals surface area contributed by atoms with E-state index in [4.69, 9.17) is 0 Å². The minimum atomic E-state index is -3.43. The molecule has 92 valence electrons. The lowest BCUT2D eigenvalue weighted by atomic mass is 10.1. The van der Waals surface area contributed by atoms with Gasteiger partial charge in [0.05, 0.1) is 5.54 Å². The van der Waals surface area contributed by atoms with E-state index in [0.717, 1.165) is 4.88 Å². The van der Waals surface area contributed by atoms with E-state index in [9.17, 15) is 8.42 Å². The van der Waals surface area contributed by atoms with Crippen LogP contribution >= 0.6 is 22.7 Å². The fourth-order valence-corrected chi connectivity index (χ4v) is 4.75. The Morgan fingerprint density at radius 1 is 1.12 bits per heavy atom. The fraction of sp³-hybridized carbons (Fsp3) is 0.273. The summed E-state index contributed by atoms with van der Waals surface area (Å²) in [5.74, 6) is 0. The first-order valence-corrected chi connectivity index (χ1v) is 8.27. The summed E-state index contributed by atoms with van der Waals surface area (Å²) in [7, 11) is -3.43. The van der Waals surface area contributed by atoms with Crippen LogP contribution in [0.25, 0.3) is 0 Å². The molecule has 2 rings (SSSR count). The Morgan fingerprint density at radius 2 is 1.76 bits per heavy atom. The molecule has 2 aromatic heterocycles. The van der Waals surface area contributed by atoms with Gasteiger partial charge < -0.3 is 0 Å². The molecule has 0 aliphatic rings. The Morgan fingerprint density at radius 3 is 2.29 bits per heavy atom. The standard InChI is InChI=1S/C11H13NO2S3/c1-11(2,9-5-3-7-15-9)12-17(13,14)10-6-4-8-16-10/h3-8,12H,1-2H3. The molecule has 0 radical (unpaired) electrons. The normalized spacial score (nSPS) is 12.8. The summed E-state index contributed by atoms with van der Waals surface area (Å²) in [5.41, 5.74) is -0.586. The minimum Gasteiger partial charge on any atom is -0.206 e. The molecule has 1 N–H and O–H groups in total. The first-order chi connectivity index (χ1) is 7.92. The van der Waals surface area contributed by atoms with Crippen molar-refractivity contribution in [2.45, 2.75) is 23.6 Å². The van der Waals surface area contributed by atoms with E-state index in [1.807, 2.05) is 31.4 Å². The van der Waals surface area contributed by atoms with Crippen LogP contribution in [0.15, 0.2) is 39.2 Å². The van der Waals surface area contributed by atoms with Crippen molar-refractivity contribution < 1.29 is 8.42 Å².